The summed E-state index contributed by atoms with van der Waals surface area (Å²) in [6, 6.07) is 88.7. The van der Waals surface area contributed by atoms with Crippen molar-refractivity contribution in [2.45, 2.75) is 77.6 Å². The third-order valence-corrected chi connectivity index (χ3v) is 16.8. The lowest BCUT2D eigenvalue weighted by atomic mass is 9.33. The molecule has 0 spiro atoms. The number of rotatable bonds is 8. The number of hydrogen-bond donors (Lipinski definition) is 0. The van der Waals surface area contributed by atoms with Crippen molar-refractivity contribution in [2.24, 2.45) is 0 Å². The van der Waals surface area contributed by atoms with Crippen LogP contribution >= 0.6 is 0 Å². The predicted octanol–water partition coefficient (Wildman–Crippen LogP) is 17.9. The molecule has 13 rings (SSSR count). The molecule has 0 radical (unpaired) electrons. The molecule has 0 saturated carbocycles. The molecule has 0 fully saturated rings. The summed E-state index contributed by atoms with van der Waals surface area (Å²) in [7, 11) is 0. The van der Waals surface area contributed by atoms with E-state index in [1.807, 2.05) is 0 Å². The SMILES string of the molecule is CC(C)(C)c1ccc(N2c3cc4c(cc3B3c5ccc(-c6ccccc6)cc5N(c5cccc(-c6ccccc6)c5)c5cc(N(c6ccccc6)c6ccccc6)cc2c53)C(C)(C)CCC4(C)C)c(-c2ccccc2)c1. The molecule has 10 aromatic rings. The Balaban J connectivity index is 1.20. The lowest BCUT2D eigenvalue weighted by Crippen LogP contribution is -2.62. The molecule has 0 atom stereocenters. The fourth-order valence-electron chi connectivity index (χ4n) is 12.6. The predicted molar refractivity (Wildman–Crippen MR) is 325 cm³/mol. The largest absolute Gasteiger partial charge is 0.311 e. The molecule has 76 heavy (non-hydrogen) atoms. The van der Waals surface area contributed by atoms with Crippen molar-refractivity contribution in [3.8, 4) is 33.4 Å². The minimum Gasteiger partial charge on any atom is -0.311 e. The Labute approximate surface area is 450 Å². The number of nitrogens with zero attached hydrogens (tertiary/aromatic N) is 3. The van der Waals surface area contributed by atoms with Crippen molar-refractivity contribution >= 4 is 74.3 Å². The van der Waals surface area contributed by atoms with E-state index < -0.39 is 0 Å². The first-order valence-corrected chi connectivity index (χ1v) is 27.2. The van der Waals surface area contributed by atoms with Gasteiger partial charge in [-0.1, -0.05) is 212 Å². The first-order chi connectivity index (χ1) is 36.8. The zero-order chi connectivity index (χ0) is 51.9. The van der Waals surface area contributed by atoms with E-state index in [4.69, 9.17) is 0 Å². The van der Waals surface area contributed by atoms with Gasteiger partial charge in [0.15, 0.2) is 0 Å². The van der Waals surface area contributed by atoms with Crippen molar-refractivity contribution in [1.29, 1.82) is 0 Å². The van der Waals surface area contributed by atoms with Crippen LogP contribution < -0.4 is 31.1 Å². The number of fused-ring (bicyclic) bond motifs is 5. The second-order valence-electron chi connectivity index (χ2n) is 23.6. The molecule has 2 aliphatic heterocycles. The summed E-state index contributed by atoms with van der Waals surface area (Å²) < 4.78 is 0. The van der Waals surface area contributed by atoms with E-state index in [-0.39, 0.29) is 23.0 Å². The van der Waals surface area contributed by atoms with Crippen LogP contribution in [0, 0.1) is 0 Å². The van der Waals surface area contributed by atoms with Gasteiger partial charge in [-0.25, -0.2) is 0 Å². The molecule has 0 N–H and O–H groups in total. The third-order valence-electron chi connectivity index (χ3n) is 16.8. The van der Waals surface area contributed by atoms with Gasteiger partial charge in [0.1, 0.15) is 0 Å². The van der Waals surface area contributed by atoms with Gasteiger partial charge in [0.25, 0.3) is 6.71 Å². The molecule has 4 heteroatoms. The highest BCUT2D eigenvalue weighted by Gasteiger charge is 2.47. The highest BCUT2D eigenvalue weighted by atomic mass is 15.2. The highest BCUT2D eigenvalue weighted by Crippen LogP contribution is 2.53. The first kappa shape index (κ1) is 47.4. The van der Waals surface area contributed by atoms with Gasteiger partial charge in [-0.05, 0) is 163 Å². The van der Waals surface area contributed by atoms with Gasteiger partial charge >= 0.3 is 0 Å². The van der Waals surface area contributed by atoms with Crippen LogP contribution in [0.3, 0.4) is 0 Å². The fourth-order valence-corrected chi connectivity index (χ4v) is 12.6. The van der Waals surface area contributed by atoms with Crippen LogP contribution in [0.4, 0.5) is 51.2 Å². The molecule has 10 aromatic carbocycles. The molecular weight excluding hydrogens is 918 g/mol. The van der Waals surface area contributed by atoms with Crippen molar-refractivity contribution in [3.63, 3.8) is 0 Å². The maximum Gasteiger partial charge on any atom is 0.252 e. The third kappa shape index (κ3) is 8.05. The second-order valence-corrected chi connectivity index (χ2v) is 23.6. The van der Waals surface area contributed by atoms with Gasteiger partial charge in [-0.2, -0.15) is 0 Å². The van der Waals surface area contributed by atoms with Crippen molar-refractivity contribution in [3.05, 3.63) is 253 Å². The Bertz CT molecular complexity index is 3760. The Kier molecular flexibility index (Phi) is 11.3. The van der Waals surface area contributed by atoms with E-state index in [1.54, 1.807) is 0 Å². The van der Waals surface area contributed by atoms with Crippen molar-refractivity contribution in [1.82, 2.24) is 0 Å². The molecule has 3 aliphatic rings. The van der Waals surface area contributed by atoms with E-state index >= 15 is 0 Å². The number of para-hydroxylation sites is 2. The average Bonchev–Trinajstić information content (AvgIpc) is 3.64. The molecule has 1 aliphatic carbocycles. The molecule has 370 valence electrons. The second kappa shape index (κ2) is 18.2. The molecule has 0 amide bonds. The molecule has 3 nitrogen and oxygen atoms in total. The summed E-state index contributed by atoms with van der Waals surface area (Å²) in [5.74, 6) is 0. The van der Waals surface area contributed by atoms with Crippen LogP contribution in [-0.2, 0) is 16.2 Å². The lowest BCUT2D eigenvalue weighted by molar-refractivity contribution is 0.332. The van der Waals surface area contributed by atoms with Gasteiger partial charge in [0.05, 0.1) is 11.4 Å². The topological polar surface area (TPSA) is 9.72 Å². The highest BCUT2D eigenvalue weighted by molar-refractivity contribution is 7.00. The standard InChI is InChI=1S/C72H64BN3/c1-70(2,3)54-37-39-64(59(44-54)51-28-17-10-18-29-51)76-66-48-61-60(71(4,5)40-41-72(61,6)7)47-63(66)73-62-38-36-53(50-26-15-9-16-27-50)43-65(62)75(57-35-23-30-52(42-57)49-24-13-8-14-25-49)67-45-58(46-68(76)69(67)73)74(55-31-19-11-20-32-55)56-33-21-12-22-34-56/h8-39,42-48H,40-41H2,1-7H3. The molecular formula is C72H64BN3. The molecule has 0 saturated heterocycles. The molecule has 0 unspecified atom stereocenters. The maximum absolute atomic E-state index is 2.68. The Morgan fingerprint density at radius 3 is 1.46 bits per heavy atom. The zero-order valence-electron chi connectivity index (χ0n) is 44.8. The number of hydrogen-bond acceptors (Lipinski definition) is 3. The van der Waals surface area contributed by atoms with Gasteiger partial charge in [-0.3, -0.25) is 0 Å². The summed E-state index contributed by atoms with van der Waals surface area (Å²) in [4.78, 5) is 7.72. The van der Waals surface area contributed by atoms with Crippen LogP contribution in [0.15, 0.2) is 237 Å². The monoisotopic (exact) mass is 982 g/mol. The summed E-state index contributed by atoms with van der Waals surface area (Å²) in [6.07, 6.45) is 2.26. The van der Waals surface area contributed by atoms with Crippen molar-refractivity contribution in [2.75, 3.05) is 14.7 Å². The van der Waals surface area contributed by atoms with Gasteiger partial charge < -0.3 is 14.7 Å². The van der Waals surface area contributed by atoms with Crippen molar-refractivity contribution < 1.29 is 0 Å². The molecule has 2 heterocycles. The van der Waals surface area contributed by atoms with E-state index in [0.717, 1.165) is 41.3 Å². The van der Waals surface area contributed by atoms with Crippen LogP contribution in [0.2, 0.25) is 0 Å². The molecule has 0 aromatic heterocycles. The van der Waals surface area contributed by atoms with Gasteiger partial charge in [-0.15, -0.1) is 0 Å². The smallest absolute Gasteiger partial charge is 0.252 e. The number of anilines is 9. The van der Waals surface area contributed by atoms with Crippen LogP contribution in [0.5, 0.6) is 0 Å². The van der Waals surface area contributed by atoms with Gasteiger partial charge in [0, 0.05) is 45.4 Å². The van der Waals surface area contributed by atoms with E-state index in [0.29, 0.717) is 0 Å². The summed E-state index contributed by atoms with van der Waals surface area (Å²) >= 11 is 0. The quantitative estimate of drug-likeness (QED) is 0.141. The van der Waals surface area contributed by atoms with Gasteiger partial charge in [0.2, 0.25) is 0 Å². The van der Waals surface area contributed by atoms with E-state index in [1.165, 1.54) is 89.2 Å². The lowest BCUT2D eigenvalue weighted by Gasteiger charge is -2.48. The fraction of sp³-hybridized carbons (Fsp3) is 0.167. The minimum atomic E-state index is -0.0826. The Morgan fingerprint density at radius 2 is 0.882 bits per heavy atom. The normalized spacial score (nSPS) is 14.8. The van der Waals surface area contributed by atoms with Crippen LogP contribution in [0.1, 0.15) is 78.0 Å². The molecule has 0 bridgehead atoms. The van der Waals surface area contributed by atoms with E-state index in [9.17, 15) is 0 Å². The summed E-state index contributed by atoms with van der Waals surface area (Å²) in [6.45, 7) is 16.8. The maximum atomic E-state index is 2.68. The average molecular weight is 982 g/mol. The van der Waals surface area contributed by atoms with E-state index in [2.05, 4.69) is 300 Å². The minimum absolute atomic E-state index is 0.00825. The summed E-state index contributed by atoms with van der Waals surface area (Å²) in [5.41, 5.74) is 25.6. The zero-order valence-corrected chi connectivity index (χ0v) is 44.8. The summed E-state index contributed by atoms with van der Waals surface area (Å²) in [5, 5.41) is 0. The Morgan fingerprint density at radius 1 is 0.382 bits per heavy atom. The van der Waals surface area contributed by atoms with Crippen LogP contribution in [0.25, 0.3) is 33.4 Å². The number of benzene rings is 10. The Hall–Kier alpha value is -8.34. The van der Waals surface area contributed by atoms with Crippen LogP contribution in [-0.4, -0.2) is 6.71 Å². The first-order valence-electron chi connectivity index (χ1n) is 27.2.